The van der Waals surface area contributed by atoms with Gasteiger partial charge in [0.1, 0.15) is 6.17 Å². The highest BCUT2D eigenvalue weighted by Crippen LogP contribution is 2.28. The standard InChI is InChI=1S/C19H34N2/c1-5-9-11-15-20-17-18(13-7-3)21(16-12-10-6-2)19(20)14-8-4/h7-8,17,19H,3-6,9-16H2,1-2H3. The molecule has 2 heteroatoms. The van der Waals surface area contributed by atoms with Crippen LogP contribution in [0.15, 0.2) is 37.2 Å². The van der Waals surface area contributed by atoms with Gasteiger partial charge in [-0.2, -0.15) is 0 Å². The highest BCUT2D eigenvalue weighted by Gasteiger charge is 2.29. The minimum Gasteiger partial charge on any atom is -0.355 e. The third kappa shape index (κ3) is 5.61. The lowest BCUT2D eigenvalue weighted by Crippen LogP contribution is -2.40. The van der Waals surface area contributed by atoms with Crippen LogP contribution in [-0.4, -0.2) is 29.1 Å². The largest absolute Gasteiger partial charge is 0.355 e. The van der Waals surface area contributed by atoms with Crippen molar-refractivity contribution in [3.05, 3.63) is 37.2 Å². The third-order valence-corrected chi connectivity index (χ3v) is 4.18. The van der Waals surface area contributed by atoms with Crippen LogP contribution >= 0.6 is 0 Å². The fraction of sp³-hybridized carbons (Fsp3) is 0.684. The van der Waals surface area contributed by atoms with Gasteiger partial charge in [-0.25, -0.2) is 0 Å². The van der Waals surface area contributed by atoms with Gasteiger partial charge in [0, 0.05) is 37.8 Å². The zero-order chi connectivity index (χ0) is 15.5. The first-order chi connectivity index (χ1) is 10.3. The Morgan fingerprint density at radius 1 is 1.00 bits per heavy atom. The fourth-order valence-electron chi connectivity index (χ4n) is 3.03. The molecular formula is C19H34N2. The van der Waals surface area contributed by atoms with E-state index >= 15 is 0 Å². The number of hydrogen-bond acceptors (Lipinski definition) is 2. The maximum Gasteiger partial charge on any atom is 0.104 e. The highest BCUT2D eigenvalue weighted by atomic mass is 15.4. The number of rotatable bonds is 12. The average Bonchev–Trinajstić information content (AvgIpc) is 2.79. The average molecular weight is 290 g/mol. The fourth-order valence-corrected chi connectivity index (χ4v) is 3.03. The number of allylic oxidation sites excluding steroid dienone is 1. The molecule has 0 amide bonds. The van der Waals surface area contributed by atoms with E-state index in [2.05, 4.69) is 49.1 Å². The van der Waals surface area contributed by atoms with Crippen molar-refractivity contribution in [1.82, 2.24) is 9.80 Å². The summed E-state index contributed by atoms with van der Waals surface area (Å²) in [4.78, 5) is 5.12. The molecule has 0 saturated carbocycles. The van der Waals surface area contributed by atoms with Crippen LogP contribution in [0.1, 0.15) is 65.2 Å². The van der Waals surface area contributed by atoms with Gasteiger partial charge in [0.05, 0.1) is 0 Å². The molecule has 1 heterocycles. The second kappa shape index (κ2) is 10.5. The molecule has 0 N–H and O–H groups in total. The smallest absolute Gasteiger partial charge is 0.104 e. The van der Waals surface area contributed by atoms with Crippen molar-refractivity contribution in [3.8, 4) is 0 Å². The van der Waals surface area contributed by atoms with Gasteiger partial charge in [-0.05, 0) is 12.8 Å². The molecule has 0 fully saturated rings. The Balaban J connectivity index is 2.71. The molecule has 0 aromatic heterocycles. The van der Waals surface area contributed by atoms with E-state index in [1.165, 1.54) is 44.2 Å². The summed E-state index contributed by atoms with van der Waals surface area (Å²) in [6.45, 7) is 14.7. The van der Waals surface area contributed by atoms with Crippen LogP contribution in [0.25, 0.3) is 0 Å². The predicted octanol–water partition coefficient (Wildman–Crippen LogP) is 5.30. The zero-order valence-electron chi connectivity index (χ0n) is 14.2. The molecule has 0 aliphatic carbocycles. The summed E-state index contributed by atoms with van der Waals surface area (Å²) in [7, 11) is 0. The van der Waals surface area contributed by atoms with E-state index in [-0.39, 0.29) is 0 Å². The van der Waals surface area contributed by atoms with Gasteiger partial charge < -0.3 is 9.80 Å². The van der Waals surface area contributed by atoms with E-state index in [1.807, 2.05) is 6.08 Å². The van der Waals surface area contributed by atoms with Gasteiger partial charge in [0.15, 0.2) is 0 Å². The normalized spacial score (nSPS) is 18.0. The van der Waals surface area contributed by atoms with Gasteiger partial charge in [0.25, 0.3) is 0 Å². The molecule has 0 aromatic carbocycles. The van der Waals surface area contributed by atoms with Gasteiger partial charge in [-0.1, -0.05) is 51.7 Å². The number of hydrogen-bond donors (Lipinski definition) is 0. The summed E-state index contributed by atoms with van der Waals surface area (Å²) in [6, 6.07) is 0. The molecule has 0 aromatic rings. The molecule has 120 valence electrons. The van der Waals surface area contributed by atoms with Crippen LogP contribution in [0.4, 0.5) is 0 Å². The van der Waals surface area contributed by atoms with E-state index in [0.717, 1.165) is 25.9 Å². The molecular weight excluding hydrogens is 256 g/mol. The Morgan fingerprint density at radius 3 is 2.24 bits per heavy atom. The molecule has 1 rings (SSSR count). The SMILES string of the molecule is C=CCC1=CN(CCCCC)C(CC=C)N1CCCCC. The lowest BCUT2D eigenvalue weighted by Gasteiger charge is -2.34. The summed E-state index contributed by atoms with van der Waals surface area (Å²) >= 11 is 0. The topological polar surface area (TPSA) is 6.48 Å². The van der Waals surface area contributed by atoms with Crippen LogP contribution < -0.4 is 0 Å². The van der Waals surface area contributed by atoms with E-state index in [0.29, 0.717) is 6.17 Å². The predicted molar refractivity (Wildman–Crippen MR) is 94.0 cm³/mol. The van der Waals surface area contributed by atoms with Crippen LogP contribution in [0.5, 0.6) is 0 Å². The Hall–Kier alpha value is -1.18. The second-order valence-corrected chi connectivity index (χ2v) is 5.96. The Labute approximate surface area is 132 Å². The molecule has 0 saturated heterocycles. The maximum absolute atomic E-state index is 3.96. The number of unbranched alkanes of at least 4 members (excludes halogenated alkanes) is 4. The van der Waals surface area contributed by atoms with Crippen molar-refractivity contribution in [3.63, 3.8) is 0 Å². The molecule has 1 unspecified atom stereocenters. The second-order valence-electron chi connectivity index (χ2n) is 5.96. The van der Waals surface area contributed by atoms with Crippen molar-refractivity contribution in [1.29, 1.82) is 0 Å². The Morgan fingerprint density at radius 2 is 1.67 bits per heavy atom. The van der Waals surface area contributed by atoms with Crippen molar-refractivity contribution >= 4 is 0 Å². The molecule has 1 atom stereocenters. The Kier molecular flexibility index (Phi) is 8.96. The summed E-state index contributed by atoms with van der Waals surface area (Å²) < 4.78 is 0. The quantitative estimate of drug-likeness (QED) is 0.355. The summed E-state index contributed by atoms with van der Waals surface area (Å²) in [6.07, 6.45) is 16.7. The van der Waals surface area contributed by atoms with Crippen molar-refractivity contribution in [2.75, 3.05) is 13.1 Å². The van der Waals surface area contributed by atoms with Crippen LogP contribution in [-0.2, 0) is 0 Å². The summed E-state index contributed by atoms with van der Waals surface area (Å²) in [5.74, 6) is 0. The van der Waals surface area contributed by atoms with Gasteiger partial charge in [-0.3, -0.25) is 0 Å². The highest BCUT2D eigenvalue weighted by molar-refractivity contribution is 5.13. The van der Waals surface area contributed by atoms with Crippen molar-refractivity contribution in [2.45, 2.75) is 71.4 Å². The van der Waals surface area contributed by atoms with E-state index in [9.17, 15) is 0 Å². The maximum atomic E-state index is 3.96. The minimum atomic E-state index is 0.478. The summed E-state index contributed by atoms with van der Waals surface area (Å²) in [5, 5.41) is 0. The first-order valence-electron chi connectivity index (χ1n) is 8.73. The molecule has 0 radical (unpaired) electrons. The summed E-state index contributed by atoms with van der Waals surface area (Å²) in [5.41, 5.74) is 1.43. The van der Waals surface area contributed by atoms with E-state index in [4.69, 9.17) is 0 Å². The van der Waals surface area contributed by atoms with Crippen molar-refractivity contribution < 1.29 is 0 Å². The molecule has 2 nitrogen and oxygen atoms in total. The van der Waals surface area contributed by atoms with Crippen LogP contribution in [0.3, 0.4) is 0 Å². The van der Waals surface area contributed by atoms with Gasteiger partial charge in [0.2, 0.25) is 0 Å². The zero-order valence-corrected chi connectivity index (χ0v) is 14.2. The van der Waals surface area contributed by atoms with Gasteiger partial charge in [-0.15, -0.1) is 13.2 Å². The molecule has 0 spiro atoms. The Bertz CT molecular complexity index is 332. The first-order valence-corrected chi connectivity index (χ1v) is 8.73. The van der Waals surface area contributed by atoms with Crippen LogP contribution in [0, 0.1) is 0 Å². The number of nitrogens with zero attached hydrogens (tertiary/aromatic N) is 2. The monoisotopic (exact) mass is 290 g/mol. The van der Waals surface area contributed by atoms with Crippen molar-refractivity contribution in [2.24, 2.45) is 0 Å². The van der Waals surface area contributed by atoms with E-state index < -0.39 is 0 Å². The van der Waals surface area contributed by atoms with E-state index in [1.54, 1.807) is 0 Å². The van der Waals surface area contributed by atoms with Crippen LogP contribution in [0.2, 0.25) is 0 Å². The molecule has 0 bridgehead atoms. The first kappa shape index (κ1) is 17.9. The lowest BCUT2D eigenvalue weighted by atomic mass is 10.2. The molecule has 1 aliphatic rings. The van der Waals surface area contributed by atoms with Gasteiger partial charge >= 0.3 is 0 Å². The molecule has 21 heavy (non-hydrogen) atoms. The lowest BCUT2D eigenvalue weighted by molar-refractivity contribution is 0.142. The third-order valence-electron chi connectivity index (χ3n) is 4.18. The molecule has 1 aliphatic heterocycles. The minimum absolute atomic E-state index is 0.478.